The maximum Gasteiger partial charge on any atom is 0.339 e. The summed E-state index contributed by atoms with van der Waals surface area (Å²) in [6.07, 6.45) is 1.54. The topological polar surface area (TPSA) is 80.7 Å². The zero-order valence-corrected chi connectivity index (χ0v) is 11.6. The summed E-state index contributed by atoms with van der Waals surface area (Å²) < 4.78 is 10.7. The largest absolute Gasteiger partial charge is 0.478 e. The number of carbonyl (C=O) groups is 1. The van der Waals surface area contributed by atoms with Crippen LogP contribution in [0.5, 0.6) is 0 Å². The molecule has 0 bridgehead atoms. The molecule has 0 aliphatic carbocycles. The number of anilines is 1. The number of nitrogens with one attached hydrogen (secondary N) is 1. The van der Waals surface area contributed by atoms with Gasteiger partial charge in [0.25, 0.3) is 0 Å². The summed E-state index contributed by atoms with van der Waals surface area (Å²) in [6.45, 7) is 1.99. The smallest absolute Gasteiger partial charge is 0.339 e. The molecule has 0 aliphatic heterocycles. The average molecular weight is 319 g/mol. The van der Waals surface area contributed by atoms with E-state index in [1.165, 1.54) is 6.07 Å². The van der Waals surface area contributed by atoms with Crippen LogP contribution in [0.25, 0.3) is 0 Å². The number of pyridine rings is 1. The molecular weight excluding hydrogens is 304 g/mol. The van der Waals surface area contributed by atoms with Crippen molar-refractivity contribution in [2.45, 2.75) is 0 Å². The molecule has 0 fully saturated rings. The Balaban J connectivity index is 2.44. The second-order valence-corrected chi connectivity index (χ2v) is 4.30. The summed E-state index contributed by atoms with van der Waals surface area (Å²) >= 11 is 3.18. The van der Waals surface area contributed by atoms with Crippen molar-refractivity contribution in [2.75, 3.05) is 38.8 Å². The zero-order chi connectivity index (χ0) is 13.4. The molecule has 6 nitrogen and oxygen atoms in total. The zero-order valence-electron chi connectivity index (χ0n) is 9.98. The average Bonchev–Trinajstić information content (AvgIpc) is 2.35. The lowest BCUT2D eigenvalue weighted by Gasteiger charge is -2.09. The van der Waals surface area contributed by atoms with Gasteiger partial charge in [-0.15, -0.1) is 0 Å². The van der Waals surface area contributed by atoms with Gasteiger partial charge in [0.15, 0.2) is 0 Å². The summed E-state index contributed by atoms with van der Waals surface area (Å²) in [6, 6.07) is 1.50. The van der Waals surface area contributed by atoms with Crippen molar-refractivity contribution < 1.29 is 19.4 Å². The lowest BCUT2D eigenvalue weighted by molar-refractivity contribution is 0.0696. The molecule has 0 saturated carbocycles. The molecule has 7 heteroatoms. The molecule has 0 saturated heterocycles. The van der Waals surface area contributed by atoms with Crippen LogP contribution in [0.1, 0.15) is 10.4 Å². The van der Waals surface area contributed by atoms with Crippen LogP contribution in [0.4, 0.5) is 5.82 Å². The van der Waals surface area contributed by atoms with E-state index in [0.29, 0.717) is 36.7 Å². The van der Waals surface area contributed by atoms with E-state index in [1.807, 2.05) is 0 Å². The Hall–Kier alpha value is -1.18. The van der Waals surface area contributed by atoms with Gasteiger partial charge in [-0.05, 0) is 22.0 Å². The van der Waals surface area contributed by atoms with Crippen molar-refractivity contribution in [1.29, 1.82) is 0 Å². The van der Waals surface area contributed by atoms with E-state index in [1.54, 1.807) is 13.3 Å². The number of carboxylic acids is 1. The van der Waals surface area contributed by atoms with Gasteiger partial charge in [-0.25, -0.2) is 9.78 Å². The van der Waals surface area contributed by atoms with E-state index in [2.05, 4.69) is 26.2 Å². The third kappa shape index (κ3) is 4.99. The first-order valence-corrected chi connectivity index (χ1v) is 6.14. The third-order valence-electron chi connectivity index (χ3n) is 2.06. The van der Waals surface area contributed by atoms with E-state index < -0.39 is 5.97 Å². The van der Waals surface area contributed by atoms with Crippen molar-refractivity contribution in [3.05, 3.63) is 22.3 Å². The number of carboxylic acid groups (broad SMARTS) is 1. The van der Waals surface area contributed by atoms with Crippen LogP contribution in [-0.2, 0) is 9.47 Å². The van der Waals surface area contributed by atoms with Crippen molar-refractivity contribution in [3.8, 4) is 0 Å². The normalized spacial score (nSPS) is 10.3. The molecule has 1 aromatic heterocycles. The van der Waals surface area contributed by atoms with Crippen LogP contribution < -0.4 is 5.32 Å². The van der Waals surface area contributed by atoms with E-state index in [0.717, 1.165) is 0 Å². The molecule has 0 amide bonds. The van der Waals surface area contributed by atoms with E-state index in [9.17, 15) is 4.79 Å². The minimum absolute atomic E-state index is 0.126. The number of nitrogens with zero attached hydrogens (tertiary/aromatic N) is 1. The maximum atomic E-state index is 11.0. The van der Waals surface area contributed by atoms with Gasteiger partial charge in [-0.3, -0.25) is 0 Å². The fraction of sp³-hybridized carbons (Fsp3) is 0.455. The van der Waals surface area contributed by atoms with Crippen LogP contribution in [0.15, 0.2) is 16.7 Å². The van der Waals surface area contributed by atoms with E-state index >= 15 is 0 Å². The molecule has 0 spiro atoms. The maximum absolute atomic E-state index is 11.0. The van der Waals surface area contributed by atoms with Crippen LogP contribution >= 0.6 is 15.9 Å². The number of rotatable bonds is 8. The lowest BCUT2D eigenvalue weighted by atomic mass is 10.2. The number of ether oxygens (including phenoxy) is 2. The Labute approximate surface area is 113 Å². The minimum Gasteiger partial charge on any atom is -0.478 e. The first-order chi connectivity index (χ1) is 8.65. The lowest BCUT2D eigenvalue weighted by Crippen LogP contribution is -2.15. The standard InChI is InChI=1S/C11H15BrN2O4/c1-17-4-5-18-3-2-13-10-9(11(15)16)6-8(12)7-14-10/h6-7H,2-5H2,1H3,(H,13,14)(H,15,16). The first kappa shape index (κ1) is 14.9. The highest BCUT2D eigenvalue weighted by molar-refractivity contribution is 9.10. The van der Waals surface area contributed by atoms with Gasteiger partial charge in [-0.1, -0.05) is 0 Å². The highest BCUT2D eigenvalue weighted by Gasteiger charge is 2.11. The Morgan fingerprint density at radius 1 is 1.50 bits per heavy atom. The van der Waals surface area contributed by atoms with Gasteiger partial charge in [0.05, 0.1) is 19.8 Å². The van der Waals surface area contributed by atoms with Crippen LogP contribution in [0.3, 0.4) is 0 Å². The quantitative estimate of drug-likeness (QED) is 0.709. The fourth-order valence-electron chi connectivity index (χ4n) is 1.23. The summed E-state index contributed by atoms with van der Waals surface area (Å²) in [5.74, 6) is -0.687. The van der Waals surface area contributed by atoms with Crippen molar-refractivity contribution in [2.24, 2.45) is 0 Å². The second-order valence-electron chi connectivity index (χ2n) is 3.39. The Bertz CT molecular complexity index is 401. The molecule has 0 aromatic carbocycles. The number of hydrogen-bond acceptors (Lipinski definition) is 5. The van der Waals surface area contributed by atoms with Crippen LogP contribution in [0, 0.1) is 0 Å². The van der Waals surface area contributed by atoms with Crippen molar-refractivity contribution in [1.82, 2.24) is 4.98 Å². The number of halogens is 1. The van der Waals surface area contributed by atoms with E-state index in [-0.39, 0.29) is 5.56 Å². The molecule has 1 rings (SSSR count). The van der Waals surface area contributed by atoms with Gasteiger partial charge in [0.2, 0.25) is 0 Å². The summed E-state index contributed by atoms with van der Waals surface area (Å²) in [5, 5.41) is 11.9. The molecule has 0 unspecified atom stereocenters. The number of aromatic carboxylic acids is 1. The summed E-state index contributed by atoms with van der Waals surface area (Å²) in [5.41, 5.74) is 0.126. The summed E-state index contributed by atoms with van der Waals surface area (Å²) in [7, 11) is 1.60. The molecule has 0 atom stereocenters. The predicted octanol–water partition coefficient (Wildman–Crippen LogP) is 1.62. The molecule has 2 N–H and O–H groups in total. The van der Waals surface area contributed by atoms with E-state index in [4.69, 9.17) is 14.6 Å². The monoisotopic (exact) mass is 318 g/mol. The molecule has 1 aromatic rings. The molecule has 18 heavy (non-hydrogen) atoms. The van der Waals surface area contributed by atoms with Crippen molar-refractivity contribution in [3.63, 3.8) is 0 Å². The Kier molecular flexibility index (Phi) is 6.63. The van der Waals surface area contributed by atoms with Gasteiger partial charge in [0, 0.05) is 24.3 Å². The van der Waals surface area contributed by atoms with Crippen LogP contribution in [-0.4, -0.2) is 49.5 Å². The number of aromatic nitrogens is 1. The molecule has 0 aliphatic rings. The Morgan fingerprint density at radius 3 is 2.94 bits per heavy atom. The molecular formula is C11H15BrN2O4. The Morgan fingerprint density at radius 2 is 2.28 bits per heavy atom. The van der Waals surface area contributed by atoms with Crippen molar-refractivity contribution >= 4 is 27.7 Å². The van der Waals surface area contributed by atoms with Gasteiger partial charge >= 0.3 is 5.97 Å². The highest BCUT2D eigenvalue weighted by Crippen LogP contribution is 2.17. The van der Waals surface area contributed by atoms with Gasteiger partial charge in [0.1, 0.15) is 11.4 Å². The van der Waals surface area contributed by atoms with Crippen LogP contribution in [0.2, 0.25) is 0 Å². The molecule has 100 valence electrons. The minimum atomic E-state index is -1.02. The second kappa shape index (κ2) is 8.02. The predicted molar refractivity (Wildman–Crippen MR) is 70.1 cm³/mol. The number of methoxy groups -OCH3 is 1. The SMILES string of the molecule is COCCOCCNc1ncc(Br)cc1C(=O)O. The molecule has 1 heterocycles. The third-order valence-corrected chi connectivity index (χ3v) is 2.49. The number of hydrogen-bond donors (Lipinski definition) is 2. The summed E-state index contributed by atoms with van der Waals surface area (Å²) in [4.78, 5) is 15.0. The van der Waals surface area contributed by atoms with Gasteiger partial charge < -0.3 is 19.9 Å². The molecule has 0 radical (unpaired) electrons. The first-order valence-electron chi connectivity index (χ1n) is 5.34. The van der Waals surface area contributed by atoms with Gasteiger partial charge in [-0.2, -0.15) is 0 Å². The highest BCUT2D eigenvalue weighted by atomic mass is 79.9. The fourth-order valence-corrected chi connectivity index (χ4v) is 1.56.